The molecule has 2 rings (SSSR count). The predicted molar refractivity (Wildman–Crippen MR) is 56.3 cm³/mol. The van der Waals surface area contributed by atoms with Gasteiger partial charge in [-0.15, -0.1) is 0 Å². The fourth-order valence-electron chi connectivity index (χ4n) is 1.78. The fourth-order valence-corrected chi connectivity index (χ4v) is 1.78. The van der Waals surface area contributed by atoms with E-state index in [2.05, 4.69) is 0 Å². The summed E-state index contributed by atoms with van der Waals surface area (Å²) < 4.78 is 10.8. The Labute approximate surface area is 89.6 Å². The number of benzene rings is 1. The van der Waals surface area contributed by atoms with Gasteiger partial charge in [0, 0.05) is 5.92 Å². The highest BCUT2D eigenvalue weighted by molar-refractivity contribution is 5.17. The molecule has 0 aliphatic carbocycles. The number of rotatable bonds is 3. The lowest BCUT2D eigenvalue weighted by Gasteiger charge is -2.23. The molecule has 1 unspecified atom stereocenters. The maximum Gasteiger partial charge on any atom is 0.163 e. The van der Waals surface area contributed by atoms with E-state index in [1.807, 2.05) is 37.3 Å². The molecule has 3 heteroatoms. The highest BCUT2D eigenvalue weighted by Crippen LogP contribution is 2.27. The zero-order valence-corrected chi connectivity index (χ0v) is 8.80. The maximum atomic E-state index is 10.1. The molecule has 0 spiro atoms. The van der Waals surface area contributed by atoms with Crippen molar-refractivity contribution < 1.29 is 14.6 Å². The molecule has 15 heavy (non-hydrogen) atoms. The molecular formula is C12H16O3. The average molecular weight is 208 g/mol. The van der Waals surface area contributed by atoms with Crippen LogP contribution in [0.15, 0.2) is 30.3 Å². The predicted octanol–water partition coefficient (Wildman–Crippen LogP) is 1.73. The molecule has 2 atom stereocenters. The van der Waals surface area contributed by atoms with Crippen LogP contribution in [0.25, 0.3) is 0 Å². The second-order valence-corrected chi connectivity index (χ2v) is 3.82. The van der Waals surface area contributed by atoms with E-state index in [-0.39, 0.29) is 12.2 Å². The first-order valence-corrected chi connectivity index (χ1v) is 5.25. The minimum absolute atomic E-state index is 0.0464. The van der Waals surface area contributed by atoms with Gasteiger partial charge in [0.05, 0.1) is 19.3 Å². The molecule has 0 bridgehead atoms. The van der Waals surface area contributed by atoms with Crippen molar-refractivity contribution in [3.05, 3.63) is 35.9 Å². The summed E-state index contributed by atoms with van der Waals surface area (Å²) in [4.78, 5) is 0. The summed E-state index contributed by atoms with van der Waals surface area (Å²) in [5.41, 5.74) is 0.907. The summed E-state index contributed by atoms with van der Waals surface area (Å²) in [7, 11) is 0. The monoisotopic (exact) mass is 208 g/mol. The van der Waals surface area contributed by atoms with Crippen LogP contribution in [0.3, 0.4) is 0 Å². The number of hydrogen-bond acceptors (Lipinski definition) is 3. The molecule has 1 aromatic rings. The standard InChI is InChI=1S/C12H16O3/c1-9(12-14-7-8-15-12)11(13)10-5-3-2-4-6-10/h2-6,9,11-13H,7-8H2,1H3/t9-,11?/m0/s1. The van der Waals surface area contributed by atoms with Crippen LogP contribution in [0.1, 0.15) is 18.6 Å². The lowest BCUT2D eigenvalue weighted by molar-refractivity contribution is -0.111. The van der Waals surface area contributed by atoms with Crippen LogP contribution in [0, 0.1) is 5.92 Å². The first kappa shape index (κ1) is 10.6. The highest BCUT2D eigenvalue weighted by Gasteiger charge is 2.29. The maximum absolute atomic E-state index is 10.1. The molecule has 1 N–H and O–H groups in total. The third-order valence-electron chi connectivity index (χ3n) is 2.72. The summed E-state index contributed by atoms with van der Waals surface area (Å²) in [6.45, 7) is 3.18. The van der Waals surface area contributed by atoms with Gasteiger partial charge in [-0.2, -0.15) is 0 Å². The van der Waals surface area contributed by atoms with Crippen molar-refractivity contribution in [2.75, 3.05) is 13.2 Å². The minimum atomic E-state index is -0.533. The molecule has 0 amide bonds. The quantitative estimate of drug-likeness (QED) is 0.822. The van der Waals surface area contributed by atoms with Crippen molar-refractivity contribution in [3.63, 3.8) is 0 Å². The summed E-state index contributed by atoms with van der Waals surface area (Å²) in [5, 5.41) is 10.1. The topological polar surface area (TPSA) is 38.7 Å². The molecular weight excluding hydrogens is 192 g/mol. The molecule has 0 saturated carbocycles. The van der Waals surface area contributed by atoms with Crippen LogP contribution in [0.5, 0.6) is 0 Å². The van der Waals surface area contributed by atoms with E-state index in [1.54, 1.807) is 0 Å². The lowest BCUT2D eigenvalue weighted by Crippen LogP contribution is -2.24. The van der Waals surface area contributed by atoms with Gasteiger partial charge >= 0.3 is 0 Å². The Morgan fingerprint density at radius 2 is 1.80 bits per heavy atom. The van der Waals surface area contributed by atoms with Crippen LogP contribution in [0.4, 0.5) is 0 Å². The van der Waals surface area contributed by atoms with Crippen LogP contribution in [0.2, 0.25) is 0 Å². The zero-order chi connectivity index (χ0) is 10.7. The van der Waals surface area contributed by atoms with E-state index in [0.717, 1.165) is 5.56 Å². The van der Waals surface area contributed by atoms with Gasteiger partial charge in [-0.3, -0.25) is 0 Å². The van der Waals surface area contributed by atoms with Crippen molar-refractivity contribution in [1.82, 2.24) is 0 Å². The van der Waals surface area contributed by atoms with Gasteiger partial charge in [-0.1, -0.05) is 37.3 Å². The highest BCUT2D eigenvalue weighted by atomic mass is 16.7. The normalized spacial score (nSPS) is 21.5. The van der Waals surface area contributed by atoms with Crippen LogP contribution in [-0.4, -0.2) is 24.6 Å². The third-order valence-corrected chi connectivity index (χ3v) is 2.72. The largest absolute Gasteiger partial charge is 0.388 e. The van der Waals surface area contributed by atoms with Gasteiger partial charge in [-0.25, -0.2) is 0 Å². The number of hydrogen-bond donors (Lipinski definition) is 1. The van der Waals surface area contributed by atoms with Crippen LogP contribution < -0.4 is 0 Å². The molecule has 82 valence electrons. The summed E-state index contributed by atoms with van der Waals surface area (Å²) >= 11 is 0. The van der Waals surface area contributed by atoms with E-state index in [9.17, 15) is 5.11 Å². The van der Waals surface area contributed by atoms with Crippen molar-refractivity contribution in [1.29, 1.82) is 0 Å². The first-order chi connectivity index (χ1) is 7.29. The van der Waals surface area contributed by atoms with Gasteiger partial charge in [0.25, 0.3) is 0 Å². The van der Waals surface area contributed by atoms with Gasteiger partial charge < -0.3 is 14.6 Å². The summed E-state index contributed by atoms with van der Waals surface area (Å²) in [6, 6.07) is 9.60. The number of aliphatic hydroxyl groups excluding tert-OH is 1. The van der Waals surface area contributed by atoms with Crippen molar-refractivity contribution in [2.24, 2.45) is 5.92 Å². The van der Waals surface area contributed by atoms with Gasteiger partial charge in [0.1, 0.15) is 0 Å². The average Bonchev–Trinajstić information content (AvgIpc) is 2.82. The molecule has 1 fully saturated rings. The second-order valence-electron chi connectivity index (χ2n) is 3.82. The third kappa shape index (κ3) is 2.37. The Balaban J connectivity index is 2.03. The smallest absolute Gasteiger partial charge is 0.163 e. The lowest BCUT2D eigenvalue weighted by atomic mass is 9.97. The van der Waals surface area contributed by atoms with Gasteiger partial charge in [-0.05, 0) is 5.56 Å². The molecule has 0 radical (unpaired) electrons. The Morgan fingerprint density at radius 1 is 1.20 bits per heavy atom. The molecule has 1 saturated heterocycles. The summed E-state index contributed by atoms with van der Waals surface area (Å²) in [5.74, 6) is -0.0464. The molecule has 1 heterocycles. The number of aliphatic hydroxyl groups is 1. The van der Waals surface area contributed by atoms with E-state index in [0.29, 0.717) is 13.2 Å². The van der Waals surface area contributed by atoms with Crippen LogP contribution >= 0.6 is 0 Å². The first-order valence-electron chi connectivity index (χ1n) is 5.25. The number of ether oxygens (including phenoxy) is 2. The second kappa shape index (κ2) is 4.75. The van der Waals surface area contributed by atoms with E-state index < -0.39 is 6.10 Å². The van der Waals surface area contributed by atoms with Gasteiger partial charge in [0.2, 0.25) is 0 Å². The van der Waals surface area contributed by atoms with E-state index >= 15 is 0 Å². The molecule has 0 aromatic heterocycles. The molecule has 1 aliphatic rings. The van der Waals surface area contributed by atoms with Gasteiger partial charge in [0.15, 0.2) is 6.29 Å². The fraction of sp³-hybridized carbons (Fsp3) is 0.500. The Bertz CT molecular complexity index is 293. The molecule has 1 aromatic carbocycles. The van der Waals surface area contributed by atoms with Crippen LogP contribution in [-0.2, 0) is 9.47 Å². The molecule has 1 aliphatic heterocycles. The Kier molecular flexibility index (Phi) is 3.36. The van der Waals surface area contributed by atoms with E-state index in [4.69, 9.17) is 9.47 Å². The van der Waals surface area contributed by atoms with Crippen molar-refractivity contribution in [3.8, 4) is 0 Å². The Hall–Kier alpha value is -0.900. The van der Waals surface area contributed by atoms with Crippen molar-refractivity contribution >= 4 is 0 Å². The summed E-state index contributed by atoms with van der Waals surface area (Å²) in [6.07, 6.45) is -0.811. The minimum Gasteiger partial charge on any atom is -0.388 e. The van der Waals surface area contributed by atoms with Crippen molar-refractivity contribution in [2.45, 2.75) is 19.3 Å². The van der Waals surface area contributed by atoms with E-state index in [1.165, 1.54) is 0 Å². The zero-order valence-electron chi connectivity index (χ0n) is 8.80. The molecule has 3 nitrogen and oxygen atoms in total. The SMILES string of the molecule is C[C@H](C1OCCO1)C(O)c1ccccc1. The Morgan fingerprint density at radius 3 is 2.40 bits per heavy atom.